The summed E-state index contributed by atoms with van der Waals surface area (Å²) in [5, 5.41) is 23.4. The van der Waals surface area contributed by atoms with Gasteiger partial charge in [-0.3, -0.25) is 10.5 Å². The van der Waals surface area contributed by atoms with Crippen LogP contribution in [0.25, 0.3) is 0 Å². The molecule has 5 fully saturated rings. The minimum Gasteiger partial charge on any atom is -0.456 e. The summed E-state index contributed by atoms with van der Waals surface area (Å²) in [5.41, 5.74) is 5.82. The van der Waals surface area contributed by atoms with Gasteiger partial charge >= 0.3 is 5.97 Å². The van der Waals surface area contributed by atoms with Crippen molar-refractivity contribution >= 4 is 11.8 Å². The zero-order valence-electron chi connectivity index (χ0n) is 23.8. The normalized spacial score (nSPS) is 44.4. The van der Waals surface area contributed by atoms with E-state index >= 15 is 0 Å². The SMILES string of the molecule is CC=C(C)C(=O)O[C@H]1CC2C(CC3OC(CO)CC(=O)C3C2O)O[C@@]1(C)C1(CC2CCC(N)[NH2+]C2)CCCC1. The molecule has 3 aliphatic heterocycles. The predicted molar refractivity (Wildman–Crippen MR) is 143 cm³/mol. The zero-order chi connectivity index (χ0) is 27.9. The number of ketones is 1. The summed E-state index contributed by atoms with van der Waals surface area (Å²) in [7, 11) is 0. The maximum absolute atomic E-state index is 13.1. The van der Waals surface area contributed by atoms with Crippen LogP contribution in [-0.2, 0) is 23.8 Å². The first-order valence-electron chi connectivity index (χ1n) is 15.2. The second kappa shape index (κ2) is 11.5. The van der Waals surface area contributed by atoms with Crippen molar-refractivity contribution in [3.63, 3.8) is 0 Å². The number of hydrogen-bond acceptors (Lipinski definition) is 8. The number of piperidine rings is 1. The van der Waals surface area contributed by atoms with Gasteiger partial charge < -0.3 is 29.7 Å². The second-order valence-corrected chi connectivity index (χ2v) is 13.2. The van der Waals surface area contributed by atoms with Gasteiger partial charge in [-0.25, -0.2) is 4.79 Å². The van der Waals surface area contributed by atoms with Gasteiger partial charge in [0.05, 0.1) is 43.5 Å². The number of fused-ring (bicyclic) bond motifs is 2. The number of carbonyl (C=O) groups excluding carboxylic acids is 2. The highest BCUT2D eigenvalue weighted by Gasteiger charge is 2.64. The molecule has 3 saturated heterocycles. The largest absolute Gasteiger partial charge is 0.456 e. The van der Waals surface area contributed by atoms with Crippen molar-refractivity contribution in [1.29, 1.82) is 0 Å². The fourth-order valence-electron chi connectivity index (χ4n) is 8.54. The quantitative estimate of drug-likeness (QED) is 0.287. The Labute approximate surface area is 232 Å². The number of aliphatic hydroxyl groups excluding tert-OH is 2. The monoisotopic (exact) mass is 549 g/mol. The highest BCUT2D eigenvalue weighted by Crippen LogP contribution is 2.59. The standard InChI is InChI=1S/C30H48N2O7/c1-4-17(2)28(36)38-24-12-20-22(13-23-26(27(20)35)21(34)11-19(16-33)37-23)39-29(24,3)30(9-5-6-10-30)14-18-7-8-25(31)32-15-18/h4,18-20,22-27,32-33,35H,5-16,31H2,1-3H3/p+1/t18?,19?,20?,22?,23?,24-,25?,26?,27?,29+/m0/s1. The van der Waals surface area contributed by atoms with E-state index < -0.39 is 35.9 Å². The Balaban J connectivity index is 1.47. The molecular weight excluding hydrogens is 500 g/mol. The number of allylic oxidation sites excluding steroid dienone is 1. The van der Waals surface area contributed by atoms with Crippen LogP contribution >= 0.6 is 0 Å². The van der Waals surface area contributed by atoms with Gasteiger partial charge in [0.2, 0.25) is 0 Å². The number of nitrogens with two attached hydrogens (primary N) is 2. The van der Waals surface area contributed by atoms with Gasteiger partial charge in [0.1, 0.15) is 23.7 Å². The van der Waals surface area contributed by atoms with E-state index in [4.69, 9.17) is 19.9 Å². The molecule has 10 atom stereocenters. The fourth-order valence-corrected chi connectivity index (χ4v) is 8.54. The molecule has 9 nitrogen and oxygen atoms in total. The van der Waals surface area contributed by atoms with Gasteiger partial charge in [0, 0.05) is 42.1 Å². The number of rotatable bonds is 6. The molecule has 9 heteroatoms. The van der Waals surface area contributed by atoms with Crippen LogP contribution in [0.3, 0.4) is 0 Å². The molecule has 5 rings (SSSR count). The summed E-state index contributed by atoms with van der Waals surface area (Å²) in [4.78, 5) is 26.1. The maximum Gasteiger partial charge on any atom is 0.333 e. The third-order valence-corrected chi connectivity index (χ3v) is 11.0. The first-order valence-corrected chi connectivity index (χ1v) is 15.2. The Hall–Kier alpha value is -1.36. The molecule has 0 radical (unpaired) electrons. The third-order valence-electron chi connectivity index (χ3n) is 11.0. The molecule has 0 aromatic rings. The first-order chi connectivity index (χ1) is 18.6. The Bertz CT molecular complexity index is 942. The molecular formula is C30H49N2O7+. The van der Waals surface area contributed by atoms with Gasteiger partial charge in [-0.05, 0) is 52.9 Å². The Morgan fingerprint density at radius 1 is 1.23 bits per heavy atom. The summed E-state index contributed by atoms with van der Waals surface area (Å²) in [5.74, 6) is -0.881. The third kappa shape index (κ3) is 5.35. The number of carbonyl (C=O) groups is 2. The van der Waals surface area contributed by atoms with Crippen LogP contribution in [0.1, 0.15) is 85.0 Å². The lowest BCUT2D eigenvalue weighted by Gasteiger charge is -2.59. The minimum atomic E-state index is -0.941. The molecule has 39 heavy (non-hydrogen) atoms. The van der Waals surface area contributed by atoms with Crippen LogP contribution in [0, 0.1) is 23.2 Å². The van der Waals surface area contributed by atoms with Gasteiger partial charge in [-0.2, -0.15) is 0 Å². The highest BCUT2D eigenvalue weighted by molar-refractivity contribution is 5.87. The predicted octanol–water partition coefficient (Wildman–Crippen LogP) is 1.34. The number of aliphatic hydroxyl groups is 2. The van der Waals surface area contributed by atoms with Gasteiger partial charge in [0.15, 0.2) is 0 Å². The van der Waals surface area contributed by atoms with Crippen molar-refractivity contribution < 1.29 is 39.3 Å². The van der Waals surface area contributed by atoms with Gasteiger partial charge in [0.25, 0.3) is 0 Å². The fraction of sp³-hybridized carbons (Fsp3) is 0.867. The van der Waals surface area contributed by atoms with Crippen LogP contribution in [-0.4, -0.2) is 77.4 Å². The number of esters is 1. The highest BCUT2D eigenvalue weighted by atomic mass is 16.6. The average molecular weight is 550 g/mol. The van der Waals surface area contributed by atoms with E-state index in [1.165, 1.54) is 0 Å². The topological polar surface area (TPSA) is 145 Å². The van der Waals surface area contributed by atoms with E-state index in [0.29, 0.717) is 24.3 Å². The lowest BCUT2D eigenvalue weighted by molar-refractivity contribution is -0.703. The lowest BCUT2D eigenvalue weighted by Crippen LogP contribution is -2.95. The minimum absolute atomic E-state index is 0.0677. The Morgan fingerprint density at radius 2 is 1.97 bits per heavy atom. The van der Waals surface area contributed by atoms with Crippen molar-refractivity contribution in [2.45, 2.75) is 127 Å². The van der Waals surface area contributed by atoms with E-state index in [1.807, 2.05) is 6.92 Å². The number of hydrogen-bond donors (Lipinski definition) is 4. The van der Waals surface area contributed by atoms with Crippen LogP contribution in [0.15, 0.2) is 11.6 Å². The maximum atomic E-state index is 13.1. The molecule has 0 amide bonds. The van der Waals surface area contributed by atoms with Crippen molar-refractivity contribution in [3.8, 4) is 0 Å². The molecule has 0 aromatic carbocycles. The van der Waals surface area contributed by atoms with E-state index in [1.54, 1.807) is 13.0 Å². The van der Waals surface area contributed by atoms with E-state index in [0.717, 1.165) is 51.5 Å². The van der Waals surface area contributed by atoms with Crippen LogP contribution < -0.4 is 11.1 Å². The summed E-state index contributed by atoms with van der Waals surface area (Å²) in [6.45, 7) is 6.50. The second-order valence-electron chi connectivity index (χ2n) is 13.2. The molecule has 2 aliphatic carbocycles. The van der Waals surface area contributed by atoms with E-state index in [9.17, 15) is 19.8 Å². The molecule has 2 saturated carbocycles. The van der Waals surface area contributed by atoms with Crippen molar-refractivity contribution in [1.82, 2.24) is 0 Å². The molecule has 6 N–H and O–H groups in total. The average Bonchev–Trinajstić information content (AvgIpc) is 3.40. The van der Waals surface area contributed by atoms with Gasteiger partial charge in [-0.15, -0.1) is 0 Å². The van der Waals surface area contributed by atoms with E-state index in [-0.39, 0.29) is 48.4 Å². The summed E-state index contributed by atoms with van der Waals surface area (Å²) < 4.78 is 19.5. The molecule has 220 valence electrons. The van der Waals surface area contributed by atoms with Crippen LogP contribution in [0.4, 0.5) is 0 Å². The van der Waals surface area contributed by atoms with Crippen LogP contribution in [0.2, 0.25) is 0 Å². The van der Waals surface area contributed by atoms with Gasteiger partial charge in [-0.1, -0.05) is 18.9 Å². The smallest absolute Gasteiger partial charge is 0.333 e. The number of quaternary nitrogens is 1. The summed E-state index contributed by atoms with van der Waals surface area (Å²) in [6.07, 6.45) is 7.47. The van der Waals surface area contributed by atoms with Crippen molar-refractivity contribution in [2.24, 2.45) is 28.9 Å². The Morgan fingerprint density at radius 3 is 2.62 bits per heavy atom. The zero-order valence-corrected chi connectivity index (χ0v) is 23.8. The molecule has 8 unspecified atom stereocenters. The molecule has 5 aliphatic rings. The summed E-state index contributed by atoms with van der Waals surface area (Å²) in [6, 6.07) is 0. The molecule has 0 bridgehead atoms. The number of Topliss-reactive ketones (excluding diaryl/α,β-unsaturated/α-hetero) is 1. The van der Waals surface area contributed by atoms with Crippen LogP contribution in [0.5, 0.6) is 0 Å². The lowest BCUT2D eigenvalue weighted by atomic mass is 9.59. The molecule has 0 aromatic heterocycles. The van der Waals surface area contributed by atoms with Crippen molar-refractivity contribution in [3.05, 3.63) is 11.6 Å². The Kier molecular flexibility index (Phi) is 8.59. The molecule has 3 heterocycles. The number of ether oxygens (including phenoxy) is 3. The van der Waals surface area contributed by atoms with E-state index in [2.05, 4.69) is 12.2 Å². The molecule has 0 spiro atoms. The summed E-state index contributed by atoms with van der Waals surface area (Å²) >= 11 is 0. The van der Waals surface area contributed by atoms with Crippen molar-refractivity contribution in [2.75, 3.05) is 13.2 Å². The first kappa shape index (κ1) is 29.1.